The summed E-state index contributed by atoms with van der Waals surface area (Å²) in [4.78, 5) is 14.7. The fourth-order valence-electron chi connectivity index (χ4n) is 4.92. The van der Waals surface area contributed by atoms with Gasteiger partial charge >= 0.3 is 0 Å². The molecule has 1 spiro atoms. The number of aryl methyl sites for hydroxylation is 1. The second-order valence-electron chi connectivity index (χ2n) is 8.08. The number of aromatic amines is 1. The summed E-state index contributed by atoms with van der Waals surface area (Å²) in [5, 5.41) is 6.09. The number of nitrogens with one attached hydrogen (secondary N) is 1. The first kappa shape index (κ1) is 16.0. The van der Waals surface area contributed by atoms with Gasteiger partial charge in [0.25, 0.3) is 0 Å². The first-order valence-corrected chi connectivity index (χ1v) is 9.93. The largest absolute Gasteiger partial charge is 0.348 e. The van der Waals surface area contributed by atoms with Gasteiger partial charge in [-0.1, -0.05) is 18.2 Å². The Morgan fingerprint density at radius 2 is 2.00 bits per heavy atom. The summed E-state index contributed by atoms with van der Waals surface area (Å²) in [6.07, 6.45) is 8.05. The number of fused-ring (bicyclic) bond motifs is 3. The van der Waals surface area contributed by atoms with Crippen molar-refractivity contribution in [1.29, 1.82) is 0 Å². The summed E-state index contributed by atoms with van der Waals surface area (Å²) in [6, 6.07) is 12.7. The number of hydrogen-bond donors (Lipinski definition) is 1. The van der Waals surface area contributed by atoms with Crippen LogP contribution < -0.4 is 0 Å². The van der Waals surface area contributed by atoms with Gasteiger partial charge in [0.15, 0.2) is 0 Å². The van der Waals surface area contributed by atoms with Crippen molar-refractivity contribution in [2.45, 2.75) is 31.3 Å². The lowest BCUT2D eigenvalue weighted by molar-refractivity contribution is 0.295. The van der Waals surface area contributed by atoms with Gasteiger partial charge in [-0.3, -0.25) is 14.6 Å². The van der Waals surface area contributed by atoms with E-state index in [0.29, 0.717) is 0 Å². The number of benzene rings is 1. The van der Waals surface area contributed by atoms with Gasteiger partial charge in [-0.15, -0.1) is 0 Å². The Hall–Kier alpha value is -2.99. The molecule has 2 aliphatic heterocycles. The Kier molecular flexibility index (Phi) is 3.43. The molecule has 6 rings (SSSR count). The lowest BCUT2D eigenvalue weighted by Crippen LogP contribution is -2.29. The maximum absolute atomic E-state index is 4.93. The summed E-state index contributed by atoms with van der Waals surface area (Å²) in [7, 11) is 0. The number of H-pyrrole nitrogens is 1. The zero-order valence-electron chi connectivity index (χ0n) is 15.7. The Morgan fingerprint density at radius 1 is 1.07 bits per heavy atom. The molecule has 140 valence electrons. The van der Waals surface area contributed by atoms with E-state index in [1.807, 2.05) is 30.7 Å². The van der Waals surface area contributed by atoms with Crippen molar-refractivity contribution in [3.05, 3.63) is 66.5 Å². The van der Waals surface area contributed by atoms with Crippen LogP contribution in [0, 0.1) is 0 Å². The molecule has 5 heterocycles. The third kappa shape index (κ3) is 2.48. The molecule has 1 fully saturated rings. The number of likely N-dealkylation sites (tertiary alicyclic amines) is 1. The second kappa shape index (κ2) is 6.01. The Bertz CT molecular complexity index is 1150. The molecule has 1 N–H and O–H groups in total. The fraction of sp³-hybridized carbons (Fsp3) is 0.318. The maximum Gasteiger partial charge on any atom is 0.120 e. The van der Waals surface area contributed by atoms with E-state index in [9.17, 15) is 0 Å². The lowest BCUT2D eigenvalue weighted by Gasteiger charge is -2.23. The highest BCUT2D eigenvalue weighted by Crippen LogP contribution is 2.44. The molecule has 1 atom stereocenters. The summed E-state index contributed by atoms with van der Waals surface area (Å²) in [5.41, 5.74) is 4.77. The van der Waals surface area contributed by atoms with Crippen LogP contribution >= 0.6 is 0 Å². The van der Waals surface area contributed by atoms with Gasteiger partial charge in [-0.2, -0.15) is 5.10 Å². The Morgan fingerprint density at radius 3 is 2.93 bits per heavy atom. The van der Waals surface area contributed by atoms with Crippen LogP contribution in [0.3, 0.4) is 0 Å². The van der Waals surface area contributed by atoms with Crippen molar-refractivity contribution in [3.8, 4) is 11.3 Å². The van der Waals surface area contributed by atoms with Gasteiger partial charge in [-0.25, -0.2) is 4.98 Å². The molecule has 4 aromatic rings. The van der Waals surface area contributed by atoms with E-state index in [-0.39, 0.29) is 5.41 Å². The van der Waals surface area contributed by atoms with E-state index >= 15 is 0 Å². The molecule has 6 heteroatoms. The zero-order chi connectivity index (χ0) is 18.6. The molecule has 3 aromatic heterocycles. The molecule has 6 nitrogen and oxygen atoms in total. The van der Waals surface area contributed by atoms with Crippen LogP contribution in [0.5, 0.6) is 0 Å². The topological polar surface area (TPSA) is 62.6 Å². The highest BCUT2D eigenvalue weighted by Gasteiger charge is 2.45. The van der Waals surface area contributed by atoms with E-state index in [0.717, 1.165) is 54.2 Å². The van der Waals surface area contributed by atoms with Crippen LogP contribution in [0.15, 0.2) is 55.0 Å². The van der Waals surface area contributed by atoms with Crippen molar-refractivity contribution in [2.75, 3.05) is 13.1 Å². The molecule has 0 aliphatic carbocycles. The number of rotatable bonds is 3. The third-order valence-electron chi connectivity index (χ3n) is 6.37. The minimum absolute atomic E-state index is 0.224. The van der Waals surface area contributed by atoms with Gasteiger partial charge in [-0.05, 0) is 37.6 Å². The monoisotopic (exact) mass is 370 g/mol. The van der Waals surface area contributed by atoms with Crippen molar-refractivity contribution in [3.63, 3.8) is 0 Å². The van der Waals surface area contributed by atoms with Crippen molar-refractivity contribution in [2.24, 2.45) is 0 Å². The summed E-state index contributed by atoms with van der Waals surface area (Å²) in [6.45, 7) is 4.09. The SMILES string of the molecule is c1ccc2ncc(-c3cc4n(n3)CCC43CCN(Cc4ncc[nH]4)C3)cc2c1. The summed E-state index contributed by atoms with van der Waals surface area (Å²) in [5.74, 6) is 1.05. The van der Waals surface area contributed by atoms with Gasteiger partial charge < -0.3 is 4.98 Å². The van der Waals surface area contributed by atoms with E-state index in [1.165, 1.54) is 18.5 Å². The molecule has 28 heavy (non-hydrogen) atoms. The van der Waals surface area contributed by atoms with Crippen LogP contribution in [0.2, 0.25) is 0 Å². The van der Waals surface area contributed by atoms with Crippen molar-refractivity contribution in [1.82, 2.24) is 29.6 Å². The first-order valence-electron chi connectivity index (χ1n) is 9.93. The Labute approximate surface area is 163 Å². The molecule has 1 saturated heterocycles. The average molecular weight is 370 g/mol. The third-order valence-corrected chi connectivity index (χ3v) is 6.37. The highest BCUT2D eigenvalue weighted by atomic mass is 15.3. The zero-order valence-corrected chi connectivity index (χ0v) is 15.7. The number of hydrogen-bond acceptors (Lipinski definition) is 4. The van der Waals surface area contributed by atoms with Crippen LogP contribution in [-0.2, 0) is 18.5 Å². The first-order chi connectivity index (χ1) is 13.8. The molecular formula is C22H22N6. The van der Waals surface area contributed by atoms with E-state index in [4.69, 9.17) is 5.10 Å². The predicted molar refractivity (Wildman–Crippen MR) is 108 cm³/mol. The molecule has 0 amide bonds. The van der Waals surface area contributed by atoms with Crippen LogP contribution in [0.4, 0.5) is 0 Å². The molecule has 0 radical (unpaired) electrons. The predicted octanol–water partition coefficient (Wildman–Crippen LogP) is 3.37. The van der Waals surface area contributed by atoms with Crippen molar-refractivity contribution < 1.29 is 0 Å². The number of imidazole rings is 1. The number of para-hydroxylation sites is 1. The lowest BCUT2D eigenvalue weighted by atomic mass is 9.82. The standard InChI is InChI=1S/C22H22N6/c1-2-4-18-16(3-1)11-17(13-25-18)19-12-20-22(6-10-28(20)26-19)5-9-27(15-22)14-21-23-7-8-24-21/h1-4,7-8,11-13H,5-6,9-10,14-15H2,(H,23,24). The van der Waals surface area contributed by atoms with Crippen LogP contribution in [0.1, 0.15) is 24.4 Å². The second-order valence-corrected chi connectivity index (χ2v) is 8.08. The molecular weight excluding hydrogens is 348 g/mol. The molecule has 0 bridgehead atoms. The van der Waals surface area contributed by atoms with Crippen molar-refractivity contribution >= 4 is 10.9 Å². The molecule has 0 saturated carbocycles. The van der Waals surface area contributed by atoms with E-state index < -0.39 is 0 Å². The van der Waals surface area contributed by atoms with Crippen LogP contribution in [-0.4, -0.2) is 42.7 Å². The minimum atomic E-state index is 0.224. The van der Waals surface area contributed by atoms with Gasteiger partial charge in [0.1, 0.15) is 5.82 Å². The number of pyridine rings is 1. The number of nitrogens with zero attached hydrogens (tertiary/aromatic N) is 5. The number of aromatic nitrogens is 5. The smallest absolute Gasteiger partial charge is 0.120 e. The van der Waals surface area contributed by atoms with Crippen LogP contribution in [0.25, 0.3) is 22.2 Å². The average Bonchev–Trinajstić information content (AvgIpc) is 3.50. The van der Waals surface area contributed by atoms with Gasteiger partial charge in [0, 0.05) is 53.7 Å². The van der Waals surface area contributed by atoms with Gasteiger partial charge in [0.2, 0.25) is 0 Å². The molecule has 1 aromatic carbocycles. The quantitative estimate of drug-likeness (QED) is 0.601. The minimum Gasteiger partial charge on any atom is -0.348 e. The molecule has 2 aliphatic rings. The highest BCUT2D eigenvalue weighted by molar-refractivity contribution is 5.82. The summed E-state index contributed by atoms with van der Waals surface area (Å²) >= 11 is 0. The van der Waals surface area contributed by atoms with E-state index in [1.54, 1.807) is 0 Å². The summed E-state index contributed by atoms with van der Waals surface area (Å²) < 4.78 is 2.22. The fourth-order valence-corrected chi connectivity index (χ4v) is 4.92. The van der Waals surface area contributed by atoms with E-state index in [2.05, 4.69) is 48.8 Å². The normalized spacial score (nSPS) is 21.7. The maximum atomic E-state index is 4.93. The van der Waals surface area contributed by atoms with Gasteiger partial charge in [0.05, 0.1) is 17.8 Å². The Balaban J connectivity index is 1.30. The molecule has 1 unspecified atom stereocenters.